The van der Waals surface area contributed by atoms with E-state index in [0.29, 0.717) is 12.8 Å². The van der Waals surface area contributed by atoms with Crippen LogP contribution in [-0.4, -0.2) is 17.3 Å². The molecule has 28 heavy (non-hydrogen) atoms. The van der Waals surface area contributed by atoms with Gasteiger partial charge in [-0.2, -0.15) is 0 Å². The zero-order chi connectivity index (χ0) is 20.4. The van der Waals surface area contributed by atoms with E-state index >= 15 is 0 Å². The monoisotopic (exact) mass is 398 g/mol. The van der Waals surface area contributed by atoms with Crippen molar-refractivity contribution in [2.24, 2.45) is 11.8 Å². The van der Waals surface area contributed by atoms with Crippen molar-refractivity contribution in [2.75, 3.05) is 5.75 Å². The lowest BCUT2D eigenvalue weighted by Gasteiger charge is -2.31. The molecule has 0 heterocycles. The molecule has 0 aromatic heterocycles. The van der Waals surface area contributed by atoms with Crippen LogP contribution in [0.3, 0.4) is 0 Å². The molecular weight excluding hydrogens is 371 g/mol. The number of aryl methyl sites for hydroxylation is 3. The molecule has 0 aliphatic heterocycles. The van der Waals surface area contributed by atoms with Crippen LogP contribution in [-0.2, 0) is 9.59 Å². The molecule has 0 radical (unpaired) electrons. The summed E-state index contributed by atoms with van der Waals surface area (Å²) in [7, 11) is 0. The van der Waals surface area contributed by atoms with Gasteiger partial charge >= 0.3 is 0 Å². The number of hydrogen-bond acceptors (Lipinski definition) is 3. The smallest absolute Gasteiger partial charge is 0.148 e. The standard InChI is InChI=1S/C24H27FO2S/c1-14-8-15(2)23(16(3)9-14)24-21(26)10-18(11-22(24)27)17(4)13-28-20-7-5-6-19(25)12-20/h5-9,12,17-18,24H,10-11,13H2,1-4H3. The first kappa shape index (κ1) is 20.8. The Hall–Kier alpha value is -1.94. The van der Waals surface area contributed by atoms with E-state index in [1.807, 2.05) is 39.0 Å². The normalized spacial score (nSPS) is 21.0. The van der Waals surface area contributed by atoms with Crippen LogP contribution in [0.5, 0.6) is 0 Å². The Morgan fingerprint density at radius 3 is 2.21 bits per heavy atom. The summed E-state index contributed by atoms with van der Waals surface area (Å²) in [5.74, 6) is 0.262. The molecule has 0 bridgehead atoms. The predicted molar refractivity (Wildman–Crippen MR) is 112 cm³/mol. The maximum atomic E-state index is 13.3. The van der Waals surface area contributed by atoms with Gasteiger partial charge in [-0.15, -0.1) is 11.8 Å². The fraction of sp³-hybridized carbons (Fsp3) is 0.417. The highest BCUT2D eigenvalue weighted by Gasteiger charge is 2.39. The summed E-state index contributed by atoms with van der Waals surface area (Å²) in [5.41, 5.74) is 4.10. The third kappa shape index (κ3) is 4.54. The third-order valence-corrected chi connectivity index (χ3v) is 6.99. The van der Waals surface area contributed by atoms with Crippen molar-refractivity contribution in [1.29, 1.82) is 0 Å². The van der Waals surface area contributed by atoms with Crippen LogP contribution in [0.25, 0.3) is 0 Å². The molecule has 2 aromatic rings. The fourth-order valence-electron chi connectivity index (χ4n) is 4.30. The molecule has 1 aliphatic carbocycles. The zero-order valence-electron chi connectivity index (χ0n) is 16.9. The summed E-state index contributed by atoms with van der Waals surface area (Å²) in [6.07, 6.45) is 0.877. The molecule has 1 atom stereocenters. The highest BCUT2D eigenvalue weighted by Crippen LogP contribution is 2.38. The van der Waals surface area contributed by atoms with Crippen LogP contribution in [0, 0.1) is 38.4 Å². The quantitative estimate of drug-likeness (QED) is 0.471. The van der Waals surface area contributed by atoms with E-state index in [1.165, 1.54) is 12.1 Å². The summed E-state index contributed by atoms with van der Waals surface area (Å²) in [5, 5.41) is 0. The average Bonchev–Trinajstić information content (AvgIpc) is 2.61. The van der Waals surface area contributed by atoms with Crippen LogP contribution < -0.4 is 0 Å². The fourth-order valence-corrected chi connectivity index (χ4v) is 5.39. The van der Waals surface area contributed by atoms with E-state index in [-0.39, 0.29) is 29.2 Å². The van der Waals surface area contributed by atoms with Crippen molar-refractivity contribution < 1.29 is 14.0 Å². The molecule has 2 aromatic carbocycles. The van der Waals surface area contributed by atoms with E-state index < -0.39 is 5.92 Å². The Labute approximate surface area is 170 Å². The Morgan fingerprint density at radius 2 is 1.64 bits per heavy atom. The highest BCUT2D eigenvalue weighted by atomic mass is 32.2. The third-order valence-electron chi connectivity index (χ3n) is 5.71. The molecule has 1 aliphatic rings. The number of carbonyl (C=O) groups is 2. The molecule has 2 nitrogen and oxygen atoms in total. The molecular formula is C24H27FO2S. The Balaban J connectivity index is 1.69. The van der Waals surface area contributed by atoms with Crippen molar-refractivity contribution in [3.8, 4) is 0 Å². The second-order valence-corrected chi connectivity index (χ2v) is 9.19. The first-order valence-corrected chi connectivity index (χ1v) is 10.8. The minimum atomic E-state index is -0.611. The topological polar surface area (TPSA) is 34.1 Å². The molecule has 1 saturated carbocycles. The lowest BCUT2D eigenvalue weighted by atomic mass is 9.71. The summed E-state index contributed by atoms with van der Waals surface area (Å²) < 4.78 is 13.3. The Morgan fingerprint density at radius 1 is 1.04 bits per heavy atom. The molecule has 0 saturated heterocycles. The summed E-state index contributed by atoms with van der Waals surface area (Å²) in [6, 6.07) is 10.6. The average molecular weight is 399 g/mol. The van der Waals surface area contributed by atoms with Crippen LogP contribution in [0.15, 0.2) is 41.3 Å². The molecule has 0 spiro atoms. The molecule has 3 rings (SSSR count). The van der Waals surface area contributed by atoms with Gasteiger partial charge in [-0.3, -0.25) is 9.59 Å². The molecule has 1 unspecified atom stereocenters. The number of halogens is 1. The van der Waals surface area contributed by atoms with Gasteiger partial charge in [-0.25, -0.2) is 4.39 Å². The van der Waals surface area contributed by atoms with Gasteiger partial charge in [-0.05, 0) is 67.5 Å². The van der Waals surface area contributed by atoms with Crippen LogP contribution in [0.2, 0.25) is 0 Å². The summed E-state index contributed by atoms with van der Waals surface area (Å²) in [4.78, 5) is 26.8. The van der Waals surface area contributed by atoms with Gasteiger partial charge in [0.25, 0.3) is 0 Å². The number of rotatable bonds is 5. The van der Waals surface area contributed by atoms with Gasteiger partial charge in [0.2, 0.25) is 0 Å². The SMILES string of the molecule is Cc1cc(C)c(C2C(=O)CC(C(C)CSc3cccc(F)c3)CC2=O)c(C)c1. The van der Waals surface area contributed by atoms with Crippen LogP contribution >= 0.6 is 11.8 Å². The van der Waals surface area contributed by atoms with Gasteiger partial charge in [0.15, 0.2) is 0 Å². The number of carbonyl (C=O) groups excluding carboxylic acids is 2. The first-order valence-electron chi connectivity index (χ1n) is 9.77. The minimum absolute atomic E-state index is 0.0407. The largest absolute Gasteiger partial charge is 0.299 e. The van der Waals surface area contributed by atoms with Crippen molar-refractivity contribution in [1.82, 2.24) is 0 Å². The number of ketones is 2. The van der Waals surface area contributed by atoms with E-state index in [4.69, 9.17) is 0 Å². The van der Waals surface area contributed by atoms with E-state index in [1.54, 1.807) is 17.8 Å². The second-order valence-electron chi connectivity index (χ2n) is 8.09. The van der Waals surface area contributed by atoms with Gasteiger partial charge in [0.1, 0.15) is 23.3 Å². The molecule has 148 valence electrons. The minimum Gasteiger partial charge on any atom is -0.299 e. The van der Waals surface area contributed by atoms with E-state index in [9.17, 15) is 14.0 Å². The molecule has 0 N–H and O–H groups in total. The number of benzene rings is 2. The number of hydrogen-bond donors (Lipinski definition) is 0. The van der Waals surface area contributed by atoms with E-state index in [2.05, 4.69) is 6.92 Å². The Bertz CT molecular complexity index is 864. The van der Waals surface area contributed by atoms with Gasteiger partial charge in [0.05, 0.1) is 0 Å². The van der Waals surface area contributed by atoms with Crippen LogP contribution in [0.4, 0.5) is 4.39 Å². The predicted octanol–water partition coefficient (Wildman–Crippen LogP) is 5.81. The zero-order valence-corrected chi connectivity index (χ0v) is 17.7. The van der Waals surface area contributed by atoms with Crippen LogP contribution in [0.1, 0.15) is 47.9 Å². The maximum absolute atomic E-state index is 13.3. The summed E-state index contributed by atoms with van der Waals surface area (Å²) in [6.45, 7) is 8.09. The molecule has 1 fully saturated rings. The second kappa shape index (κ2) is 8.60. The van der Waals surface area contributed by atoms with Crippen molar-refractivity contribution in [2.45, 2.75) is 51.3 Å². The van der Waals surface area contributed by atoms with Gasteiger partial charge in [-0.1, -0.05) is 30.7 Å². The number of thioether (sulfide) groups is 1. The number of Topliss-reactive ketones (excluding diaryl/α,β-unsaturated/α-hetero) is 2. The Kier molecular flexibility index (Phi) is 6.39. The lowest BCUT2D eigenvalue weighted by Crippen LogP contribution is -2.35. The highest BCUT2D eigenvalue weighted by molar-refractivity contribution is 7.99. The van der Waals surface area contributed by atoms with Crippen molar-refractivity contribution in [3.05, 3.63) is 64.5 Å². The van der Waals surface area contributed by atoms with Crippen molar-refractivity contribution >= 4 is 23.3 Å². The van der Waals surface area contributed by atoms with Crippen molar-refractivity contribution in [3.63, 3.8) is 0 Å². The van der Waals surface area contributed by atoms with Gasteiger partial charge in [0, 0.05) is 23.5 Å². The first-order chi connectivity index (χ1) is 13.3. The molecule has 4 heteroatoms. The van der Waals surface area contributed by atoms with Gasteiger partial charge < -0.3 is 0 Å². The molecule has 0 amide bonds. The van der Waals surface area contributed by atoms with E-state index in [0.717, 1.165) is 32.9 Å². The maximum Gasteiger partial charge on any atom is 0.148 e. The lowest BCUT2D eigenvalue weighted by molar-refractivity contribution is -0.134. The summed E-state index contributed by atoms with van der Waals surface area (Å²) >= 11 is 1.58.